The highest BCUT2D eigenvalue weighted by molar-refractivity contribution is 7.80. The zero-order chi connectivity index (χ0) is 14.0. The number of halogens is 3. The number of hydrogen-bond acceptors (Lipinski definition) is 2. The van der Waals surface area contributed by atoms with E-state index in [4.69, 9.17) is 34.3 Å². The van der Waals surface area contributed by atoms with Crippen molar-refractivity contribution in [2.45, 2.75) is 0 Å². The second kappa shape index (κ2) is 5.50. The SMILES string of the molecule is NC(=S)c1c(Cl)cccc1Oc1ccc(F)c(F)c1. The second-order valence-electron chi connectivity index (χ2n) is 3.66. The number of hydrogen-bond donors (Lipinski definition) is 1. The molecule has 6 heteroatoms. The van der Waals surface area contributed by atoms with Gasteiger partial charge in [-0.1, -0.05) is 29.9 Å². The van der Waals surface area contributed by atoms with Crippen LogP contribution in [0.15, 0.2) is 36.4 Å². The maximum atomic E-state index is 13.1. The first-order valence-corrected chi connectivity index (χ1v) is 5.99. The summed E-state index contributed by atoms with van der Waals surface area (Å²) in [5.74, 6) is -1.55. The third-order valence-electron chi connectivity index (χ3n) is 2.34. The van der Waals surface area contributed by atoms with Crippen molar-refractivity contribution in [3.8, 4) is 11.5 Å². The van der Waals surface area contributed by atoms with Crippen molar-refractivity contribution in [2.24, 2.45) is 5.73 Å². The van der Waals surface area contributed by atoms with Gasteiger partial charge in [-0.3, -0.25) is 0 Å². The predicted octanol–water partition coefficient (Wildman–Crippen LogP) is 4.04. The quantitative estimate of drug-likeness (QED) is 0.869. The maximum absolute atomic E-state index is 13.1. The van der Waals surface area contributed by atoms with Crippen LogP contribution in [0.5, 0.6) is 11.5 Å². The Labute approximate surface area is 118 Å². The van der Waals surface area contributed by atoms with Crippen molar-refractivity contribution in [1.82, 2.24) is 0 Å². The maximum Gasteiger partial charge on any atom is 0.162 e. The van der Waals surface area contributed by atoms with Gasteiger partial charge in [0.1, 0.15) is 16.5 Å². The lowest BCUT2D eigenvalue weighted by atomic mass is 10.2. The molecule has 0 aliphatic rings. The van der Waals surface area contributed by atoms with Gasteiger partial charge in [0, 0.05) is 6.07 Å². The first kappa shape index (κ1) is 13.7. The van der Waals surface area contributed by atoms with Crippen molar-refractivity contribution < 1.29 is 13.5 Å². The molecule has 2 aromatic carbocycles. The molecule has 2 aromatic rings. The van der Waals surface area contributed by atoms with E-state index in [-0.39, 0.29) is 16.5 Å². The van der Waals surface area contributed by atoms with E-state index in [0.717, 1.165) is 12.1 Å². The van der Waals surface area contributed by atoms with Gasteiger partial charge in [0.2, 0.25) is 0 Å². The third-order valence-corrected chi connectivity index (χ3v) is 2.86. The first-order valence-electron chi connectivity index (χ1n) is 5.20. The summed E-state index contributed by atoms with van der Waals surface area (Å²) in [5, 5.41) is 0.326. The fraction of sp³-hybridized carbons (Fsp3) is 0. The molecule has 0 spiro atoms. The van der Waals surface area contributed by atoms with Gasteiger partial charge in [-0.15, -0.1) is 0 Å². The minimum absolute atomic E-state index is 0.0585. The molecule has 0 amide bonds. The molecule has 2 rings (SSSR count). The fourth-order valence-corrected chi connectivity index (χ4v) is 2.03. The van der Waals surface area contributed by atoms with Crippen molar-refractivity contribution >= 4 is 28.8 Å². The summed E-state index contributed by atoms with van der Waals surface area (Å²) in [4.78, 5) is 0.0585. The predicted molar refractivity (Wildman–Crippen MR) is 73.8 cm³/mol. The molecule has 0 saturated carbocycles. The summed E-state index contributed by atoms with van der Waals surface area (Å²) >= 11 is 10.8. The largest absolute Gasteiger partial charge is 0.456 e. The average Bonchev–Trinajstić information content (AvgIpc) is 2.33. The molecule has 0 fully saturated rings. The number of thiocarbonyl (C=S) groups is 1. The molecule has 19 heavy (non-hydrogen) atoms. The topological polar surface area (TPSA) is 35.2 Å². The molecule has 0 saturated heterocycles. The molecule has 2 N–H and O–H groups in total. The van der Waals surface area contributed by atoms with Crippen molar-refractivity contribution in [1.29, 1.82) is 0 Å². The van der Waals surface area contributed by atoms with E-state index in [9.17, 15) is 8.78 Å². The van der Waals surface area contributed by atoms with Gasteiger partial charge in [0.15, 0.2) is 11.6 Å². The Kier molecular flexibility index (Phi) is 3.97. The molecule has 0 aliphatic heterocycles. The smallest absolute Gasteiger partial charge is 0.162 e. The van der Waals surface area contributed by atoms with E-state index in [1.807, 2.05) is 0 Å². The molecule has 0 unspecified atom stereocenters. The Balaban J connectivity index is 2.40. The Hall–Kier alpha value is -1.72. The van der Waals surface area contributed by atoms with Gasteiger partial charge < -0.3 is 10.5 Å². The minimum Gasteiger partial charge on any atom is -0.456 e. The lowest BCUT2D eigenvalue weighted by Crippen LogP contribution is -2.11. The molecule has 0 radical (unpaired) electrons. The van der Waals surface area contributed by atoms with E-state index in [0.29, 0.717) is 10.6 Å². The van der Waals surface area contributed by atoms with E-state index < -0.39 is 11.6 Å². The Morgan fingerprint density at radius 3 is 2.53 bits per heavy atom. The Bertz CT molecular complexity index is 649. The van der Waals surface area contributed by atoms with Gasteiger partial charge in [0.25, 0.3) is 0 Å². The van der Waals surface area contributed by atoms with Crippen LogP contribution in [0, 0.1) is 11.6 Å². The zero-order valence-electron chi connectivity index (χ0n) is 9.49. The molecular formula is C13H8ClF2NOS. The standard InChI is InChI=1S/C13H8ClF2NOS/c14-8-2-1-3-11(12(8)13(17)19)18-7-4-5-9(15)10(16)6-7/h1-6H,(H2,17,19). The summed E-state index contributed by atoms with van der Waals surface area (Å²) in [6.45, 7) is 0. The molecular weight excluding hydrogens is 292 g/mol. The van der Waals surface area contributed by atoms with Crippen LogP contribution in [0.4, 0.5) is 8.78 Å². The van der Waals surface area contributed by atoms with E-state index in [2.05, 4.69) is 0 Å². The lowest BCUT2D eigenvalue weighted by molar-refractivity contribution is 0.461. The normalized spacial score (nSPS) is 10.3. The van der Waals surface area contributed by atoms with Crippen LogP contribution < -0.4 is 10.5 Å². The number of nitrogens with two attached hydrogens (primary N) is 1. The van der Waals surface area contributed by atoms with Gasteiger partial charge in [-0.05, 0) is 24.3 Å². The van der Waals surface area contributed by atoms with Crippen LogP contribution in [0.1, 0.15) is 5.56 Å². The van der Waals surface area contributed by atoms with Gasteiger partial charge in [-0.25, -0.2) is 8.78 Å². The second-order valence-corrected chi connectivity index (χ2v) is 4.50. The summed E-state index contributed by atoms with van der Waals surface area (Å²) in [6, 6.07) is 8.02. The van der Waals surface area contributed by atoms with Crippen molar-refractivity contribution in [3.63, 3.8) is 0 Å². The lowest BCUT2D eigenvalue weighted by Gasteiger charge is -2.11. The monoisotopic (exact) mass is 299 g/mol. The first-order chi connectivity index (χ1) is 8.99. The molecule has 2 nitrogen and oxygen atoms in total. The van der Waals surface area contributed by atoms with Crippen LogP contribution in [-0.4, -0.2) is 4.99 Å². The molecule has 0 aromatic heterocycles. The van der Waals surface area contributed by atoms with E-state index in [1.54, 1.807) is 18.2 Å². The van der Waals surface area contributed by atoms with Crippen LogP contribution in [-0.2, 0) is 0 Å². The highest BCUT2D eigenvalue weighted by Crippen LogP contribution is 2.30. The van der Waals surface area contributed by atoms with Gasteiger partial charge >= 0.3 is 0 Å². The minimum atomic E-state index is -1.00. The summed E-state index contributed by atoms with van der Waals surface area (Å²) in [6.07, 6.45) is 0. The average molecular weight is 300 g/mol. The molecule has 0 bridgehead atoms. The number of benzene rings is 2. The third kappa shape index (κ3) is 3.00. The van der Waals surface area contributed by atoms with Crippen LogP contribution in [0.25, 0.3) is 0 Å². The fourth-order valence-electron chi connectivity index (χ4n) is 1.50. The van der Waals surface area contributed by atoms with Crippen LogP contribution in [0.3, 0.4) is 0 Å². The summed E-state index contributed by atoms with van der Waals surface area (Å²) in [7, 11) is 0. The van der Waals surface area contributed by atoms with Crippen LogP contribution in [0.2, 0.25) is 5.02 Å². The van der Waals surface area contributed by atoms with E-state index >= 15 is 0 Å². The highest BCUT2D eigenvalue weighted by atomic mass is 35.5. The van der Waals surface area contributed by atoms with Crippen LogP contribution >= 0.6 is 23.8 Å². The Morgan fingerprint density at radius 1 is 1.16 bits per heavy atom. The molecule has 0 atom stereocenters. The van der Waals surface area contributed by atoms with Crippen molar-refractivity contribution in [3.05, 3.63) is 58.6 Å². The number of rotatable bonds is 3. The summed E-state index contributed by atoms with van der Waals surface area (Å²) < 4.78 is 31.3. The zero-order valence-corrected chi connectivity index (χ0v) is 11.1. The molecule has 0 aliphatic carbocycles. The van der Waals surface area contributed by atoms with Gasteiger partial charge in [0.05, 0.1) is 10.6 Å². The molecule has 0 heterocycles. The Morgan fingerprint density at radius 2 is 1.89 bits per heavy atom. The molecule has 98 valence electrons. The van der Waals surface area contributed by atoms with Crippen molar-refractivity contribution in [2.75, 3.05) is 0 Å². The van der Waals surface area contributed by atoms with E-state index in [1.165, 1.54) is 6.07 Å². The van der Waals surface area contributed by atoms with Gasteiger partial charge in [-0.2, -0.15) is 0 Å². The highest BCUT2D eigenvalue weighted by Gasteiger charge is 2.12. The number of ether oxygens (including phenoxy) is 1. The summed E-state index contributed by atoms with van der Waals surface area (Å²) in [5.41, 5.74) is 5.91.